The lowest BCUT2D eigenvalue weighted by molar-refractivity contribution is 0.305. The van der Waals surface area contributed by atoms with E-state index in [1.165, 1.54) is 5.56 Å². The van der Waals surface area contributed by atoms with Crippen LogP contribution in [-0.4, -0.2) is 17.5 Å². The molecule has 0 aliphatic heterocycles. The van der Waals surface area contributed by atoms with Gasteiger partial charge in [-0.05, 0) is 44.0 Å². The van der Waals surface area contributed by atoms with Gasteiger partial charge in [-0.3, -0.25) is 0 Å². The molecule has 1 aromatic rings. The van der Waals surface area contributed by atoms with Crippen LogP contribution in [0.2, 0.25) is 0 Å². The van der Waals surface area contributed by atoms with Crippen LogP contribution >= 0.6 is 23.8 Å². The molecule has 0 fully saturated rings. The molecule has 100 valence electrons. The Hall–Kier alpha value is -0.600. The van der Waals surface area contributed by atoms with Gasteiger partial charge in [0.1, 0.15) is 0 Å². The average molecular weight is 285 g/mol. The van der Waals surface area contributed by atoms with E-state index in [1.54, 1.807) is 0 Å². The van der Waals surface area contributed by atoms with Crippen LogP contribution in [0.1, 0.15) is 31.7 Å². The maximum absolute atomic E-state index is 5.72. The zero-order valence-corrected chi connectivity index (χ0v) is 12.5. The third kappa shape index (κ3) is 5.83. The van der Waals surface area contributed by atoms with Crippen LogP contribution in [0, 0.1) is 5.92 Å². The van der Waals surface area contributed by atoms with Crippen LogP contribution in [0.5, 0.6) is 0 Å². The van der Waals surface area contributed by atoms with Crippen LogP contribution in [0.4, 0.5) is 0 Å². The highest BCUT2D eigenvalue weighted by molar-refractivity contribution is 7.80. The molecular formula is C15H21ClOS. The molecule has 18 heavy (non-hydrogen) atoms. The molecule has 0 aliphatic carbocycles. The number of benzene rings is 1. The summed E-state index contributed by atoms with van der Waals surface area (Å²) in [5, 5.41) is 0.746. The van der Waals surface area contributed by atoms with Crippen molar-refractivity contribution in [2.24, 2.45) is 5.92 Å². The van der Waals surface area contributed by atoms with Crippen molar-refractivity contribution < 1.29 is 4.74 Å². The van der Waals surface area contributed by atoms with E-state index in [-0.39, 0.29) is 0 Å². The number of alkyl halides is 1. The topological polar surface area (TPSA) is 9.23 Å². The maximum Gasteiger partial charge on any atom is 0.163 e. The van der Waals surface area contributed by atoms with E-state index in [0.29, 0.717) is 12.5 Å². The normalized spacial score (nSPS) is 12.1. The van der Waals surface area contributed by atoms with Crippen molar-refractivity contribution in [3.05, 3.63) is 35.9 Å². The second-order valence-corrected chi connectivity index (χ2v) is 5.10. The number of unbranched alkanes of at least 4 members (excludes halogenated alkanes) is 1. The Labute approximate surface area is 120 Å². The minimum Gasteiger partial charge on any atom is -0.487 e. The average Bonchev–Trinajstić information content (AvgIpc) is 2.39. The summed E-state index contributed by atoms with van der Waals surface area (Å²) < 4.78 is 5.51. The molecule has 0 aromatic heterocycles. The Kier molecular flexibility index (Phi) is 8.03. The van der Waals surface area contributed by atoms with Gasteiger partial charge in [-0.15, -0.1) is 11.6 Å². The predicted molar refractivity (Wildman–Crippen MR) is 82.4 cm³/mol. The molecule has 1 aromatic carbocycles. The number of thiocarbonyl (C=S) groups is 1. The van der Waals surface area contributed by atoms with Crippen molar-refractivity contribution in [2.75, 3.05) is 12.5 Å². The fourth-order valence-electron chi connectivity index (χ4n) is 1.95. The van der Waals surface area contributed by atoms with Gasteiger partial charge in [0.2, 0.25) is 0 Å². The molecule has 1 unspecified atom stereocenters. The number of ether oxygens (including phenoxy) is 1. The second-order valence-electron chi connectivity index (χ2n) is 4.32. The molecule has 1 atom stereocenters. The highest BCUT2D eigenvalue weighted by Crippen LogP contribution is 2.18. The minimum atomic E-state index is 0.325. The third-order valence-corrected chi connectivity index (χ3v) is 3.60. The molecule has 0 spiro atoms. The summed E-state index contributed by atoms with van der Waals surface area (Å²) in [6.07, 6.45) is 4.16. The zero-order valence-electron chi connectivity index (χ0n) is 10.9. The Balaban J connectivity index is 2.56. The molecule has 1 rings (SSSR count). The van der Waals surface area contributed by atoms with E-state index in [4.69, 9.17) is 28.6 Å². The van der Waals surface area contributed by atoms with Crippen molar-refractivity contribution in [1.82, 2.24) is 0 Å². The number of rotatable bonds is 8. The minimum absolute atomic E-state index is 0.325. The van der Waals surface area contributed by atoms with Crippen LogP contribution in [0.25, 0.3) is 0 Å². The third-order valence-electron chi connectivity index (χ3n) is 2.88. The molecular weight excluding hydrogens is 264 g/mol. The molecule has 0 radical (unpaired) electrons. The van der Waals surface area contributed by atoms with E-state index in [0.717, 1.165) is 36.6 Å². The molecule has 0 N–H and O–H groups in total. The van der Waals surface area contributed by atoms with Gasteiger partial charge >= 0.3 is 0 Å². The fourth-order valence-corrected chi connectivity index (χ4v) is 2.46. The molecule has 0 heterocycles. The first-order valence-corrected chi connectivity index (χ1v) is 7.48. The number of halogens is 1. The first-order chi connectivity index (χ1) is 8.77. The molecule has 0 saturated carbocycles. The number of hydrogen-bond donors (Lipinski definition) is 0. The van der Waals surface area contributed by atoms with Gasteiger partial charge in [0.15, 0.2) is 5.05 Å². The Morgan fingerprint density at radius 1 is 1.28 bits per heavy atom. The first-order valence-electron chi connectivity index (χ1n) is 6.54. The van der Waals surface area contributed by atoms with Gasteiger partial charge in [0.05, 0.1) is 6.61 Å². The van der Waals surface area contributed by atoms with Gasteiger partial charge in [-0.25, -0.2) is 0 Å². The monoisotopic (exact) mass is 284 g/mol. The summed E-state index contributed by atoms with van der Waals surface area (Å²) in [7, 11) is 0. The summed E-state index contributed by atoms with van der Waals surface area (Å²) in [5.74, 6) is 1.05. The Morgan fingerprint density at radius 2 is 2.00 bits per heavy atom. The van der Waals surface area contributed by atoms with E-state index < -0.39 is 0 Å². The van der Waals surface area contributed by atoms with Gasteiger partial charge in [0.25, 0.3) is 0 Å². The van der Waals surface area contributed by atoms with Gasteiger partial charge in [0, 0.05) is 11.8 Å². The fraction of sp³-hybridized carbons (Fsp3) is 0.533. The Morgan fingerprint density at radius 3 is 2.61 bits per heavy atom. The lowest BCUT2D eigenvalue weighted by Crippen LogP contribution is -2.18. The molecule has 1 nitrogen and oxygen atoms in total. The van der Waals surface area contributed by atoms with Gasteiger partial charge < -0.3 is 4.74 Å². The SMILES string of the molecule is CCOC(=S)C(CCCCCl)Cc1ccccc1. The lowest BCUT2D eigenvalue weighted by Gasteiger charge is -2.18. The molecule has 0 aliphatic rings. The first kappa shape index (κ1) is 15.5. The van der Waals surface area contributed by atoms with Crippen LogP contribution in [-0.2, 0) is 11.2 Å². The summed E-state index contributed by atoms with van der Waals surface area (Å²) in [6, 6.07) is 10.4. The van der Waals surface area contributed by atoms with E-state index in [1.807, 2.05) is 13.0 Å². The maximum atomic E-state index is 5.72. The number of hydrogen-bond acceptors (Lipinski definition) is 2. The van der Waals surface area contributed by atoms with Crippen LogP contribution < -0.4 is 0 Å². The van der Waals surface area contributed by atoms with Crippen molar-refractivity contribution in [1.29, 1.82) is 0 Å². The van der Waals surface area contributed by atoms with Crippen molar-refractivity contribution in [2.45, 2.75) is 32.6 Å². The predicted octanol–water partition coefficient (Wildman–Crippen LogP) is 4.62. The Bertz CT molecular complexity index is 340. The summed E-state index contributed by atoms with van der Waals surface area (Å²) in [6.45, 7) is 2.63. The standard InChI is InChI=1S/C15H21ClOS/c1-2-17-15(18)14(10-6-7-11-16)12-13-8-4-3-5-9-13/h3-5,8-9,14H,2,6-7,10-12H2,1H3. The summed E-state index contributed by atoms with van der Waals surface area (Å²) >= 11 is 11.1. The lowest BCUT2D eigenvalue weighted by atomic mass is 9.95. The molecule has 0 bridgehead atoms. The summed E-state index contributed by atoms with van der Waals surface area (Å²) in [4.78, 5) is 0. The molecule has 0 amide bonds. The van der Waals surface area contributed by atoms with Crippen molar-refractivity contribution in [3.63, 3.8) is 0 Å². The quantitative estimate of drug-likeness (QED) is 0.391. The van der Waals surface area contributed by atoms with Crippen molar-refractivity contribution in [3.8, 4) is 0 Å². The highest BCUT2D eigenvalue weighted by atomic mass is 35.5. The van der Waals surface area contributed by atoms with Gasteiger partial charge in [-0.1, -0.05) is 36.8 Å². The van der Waals surface area contributed by atoms with Crippen molar-refractivity contribution >= 4 is 28.9 Å². The highest BCUT2D eigenvalue weighted by Gasteiger charge is 2.16. The second kappa shape index (κ2) is 9.35. The van der Waals surface area contributed by atoms with E-state index >= 15 is 0 Å². The zero-order chi connectivity index (χ0) is 13.2. The van der Waals surface area contributed by atoms with E-state index in [2.05, 4.69) is 24.3 Å². The smallest absolute Gasteiger partial charge is 0.163 e. The largest absolute Gasteiger partial charge is 0.487 e. The molecule has 3 heteroatoms. The van der Waals surface area contributed by atoms with Gasteiger partial charge in [-0.2, -0.15) is 0 Å². The summed E-state index contributed by atoms with van der Waals surface area (Å²) in [5.41, 5.74) is 1.32. The molecule has 0 saturated heterocycles. The van der Waals surface area contributed by atoms with Crippen LogP contribution in [0.3, 0.4) is 0 Å². The van der Waals surface area contributed by atoms with Crippen LogP contribution in [0.15, 0.2) is 30.3 Å². The van der Waals surface area contributed by atoms with E-state index in [9.17, 15) is 0 Å².